The number of pyridine rings is 1. The topological polar surface area (TPSA) is 63.1 Å². The second kappa shape index (κ2) is 8.47. The van der Waals surface area contributed by atoms with Gasteiger partial charge in [-0.25, -0.2) is 19.3 Å². The number of nitrogens with one attached hydrogen (secondary N) is 1. The predicted octanol–water partition coefficient (Wildman–Crippen LogP) is 5.55. The fourth-order valence-electron chi connectivity index (χ4n) is 3.55. The van der Waals surface area contributed by atoms with Crippen molar-refractivity contribution in [3.63, 3.8) is 0 Å². The SMILES string of the molecule is C/C1=C/CCCCC(C(C)Nc2ncnc3ncc(-c4ccc(F)cc4)cc23)=N1. The molecule has 1 aromatic carbocycles. The van der Waals surface area contributed by atoms with Crippen molar-refractivity contribution in [3.05, 3.63) is 60.4 Å². The van der Waals surface area contributed by atoms with Crippen molar-refractivity contribution in [2.24, 2.45) is 4.99 Å². The molecule has 3 heterocycles. The number of anilines is 1. The second-order valence-electron chi connectivity index (χ2n) is 7.38. The first-order valence-electron chi connectivity index (χ1n) is 9.97. The molecule has 5 nitrogen and oxygen atoms in total. The van der Waals surface area contributed by atoms with E-state index >= 15 is 0 Å². The van der Waals surface area contributed by atoms with E-state index in [4.69, 9.17) is 4.99 Å². The lowest BCUT2D eigenvalue weighted by atomic mass is 10.0. The largest absolute Gasteiger partial charge is 0.362 e. The number of hydrogen-bond donors (Lipinski definition) is 1. The van der Waals surface area contributed by atoms with E-state index in [1.54, 1.807) is 18.3 Å². The number of hydrogen-bond acceptors (Lipinski definition) is 5. The summed E-state index contributed by atoms with van der Waals surface area (Å²) in [5, 5.41) is 4.34. The Balaban J connectivity index is 1.67. The summed E-state index contributed by atoms with van der Waals surface area (Å²) in [4.78, 5) is 18.0. The van der Waals surface area contributed by atoms with Crippen LogP contribution in [-0.2, 0) is 0 Å². The molecular weight excluding hydrogens is 365 g/mol. The van der Waals surface area contributed by atoms with Gasteiger partial charge in [0.2, 0.25) is 0 Å². The highest BCUT2D eigenvalue weighted by molar-refractivity contribution is 5.95. The Morgan fingerprint density at radius 1 is 1.03 bits per heavy atom. The van der Waals surface area contributed by atoms with Crippen LogP contribution in [0.15, 0.2) is 59.6 Å². The molecule has 0 bridgehead atoms. The Kier molecular flexibility index (Phi) is 5.60. The number of allylic oxidation sites excluding steroid dienone is 2. The maximum atomic E-state index is 13.3. The highest BCUT2D eigenvalue weighted by Crippen LogP contribution is 2.26. The van der Waals surface area contributed by atoms with E-state index in [0.29, 0.717) is 5.65 Å². The number of aromatic nitrogens is 3. The minimum absolute atomic E-state index is 0.0454. The molecule has 0 saturated carbocycles. The van der Waals surface area contributed by atoms with Crippen LogP contribution in [0, 0.1) is 5.82 Å². The van der Waals surface area contributed by atoms with E-state index in [1.165, 1.54) is 24.9 Å². The van der Waals surface area contributed by atoms with Crippen LogP contribution < -0.4 is 5.32 Å². The van der Waals surface area contributed by atoms with Crippen molar-refractivity contribution in [2.75, 3.05) is 5.32 Å². The molecule has 0 spiro atoms. The highest BCUT2D eigenvalue weighted by Gasteiger charge is 2.15. The van der Waals surface area contributed by atoms with Crippen LogP contribution in [-0.4, -0.2) is 26.7 Å². The van der Waals surface area contributed by atoms with Crippen molar-refractivity contribution in [1.82, 2.24) is 15.0 Å². The van der Waals surface area contributed by atoms with Crippen molar-refractivity contribution in [1.29, 1.82) is 0 Å². The van der Waals surface area contributed by atoms with Crippen molar-refractivity contribution < 1.29 is 4.39 Å². The molecule has 0 aliphatic carbocycles. The van der Waals surface area contributed by atoms with Gasteiger partial charge in [0, 0.05) is 23.2 Å². The maximum Gasteiger partial charge on any atom is 0.164 e. The first-order chi connectivity index (χ1) is 14.1. The van der Waals surface area contributed by atoms with Gasteiger partial charge in [-0.05, 0) is 63.3 Å². The lowest BCUT2D eigenvalue weighted by Gasteiger charge is -2.19. The van der Waals surface area contributed by atoms with Gasteiger partial charge in [-0.3, -0.25) is 4.99 Å². The van der Waals surface area contributed by atoms with Crippen molar-refractivity contribution in [2.45, 2.75) is 45.6 Å². The fraction of sp³-hybridized carbons (Fsp3) is 0.304. The average Bonchev–Trinajstić information content (AvgIpc) is 2.71. The van der Waals surface area contributed by atoms with E-state index < -0.39 is 0 Å². The van der Waals surface area contributed by atoms with Crippen molar-refractivity contribution >= 4 is 22.6 Å². The number of aliphatic imine (C=N–C) groups is 1. The molecule has 29 heavy (non-hydrogen) atoms. The van der Waals surface area contributed by atoms with Crippen LogP contribution >= 0.6 is 0 Å². The molecule has 1 atom stereocenters. The van der Waals surface area contributed by atoms with Gasteiger partial charge in [-0.15, -0.1) is 0 Å². The normalized spacial score (nSPS) is 17.6. The van der Waals surface area contributed by atoms with Gasteiger partial charge in [0.15, 0.2) is 5.65 Å². The quantitative estimate of drug-likeness (QED) is 0.635. The fourth-order valence-corrected chi connectivity index (χ4v) is 3.55. The third-order valence-corrected chi connectivity index (χ3v) is 5.17. The maximum absolute atomic E-state index is 13.3. The van der Waals surface area contributed by atoms with Crippen LogP contribution in [0.25, 0.3) is 22.2 Å². The second-order valence-corrected chi connectivity index (χ2v) is 7.38. The van der Waals surface area contributed by atoms with Crippen molar-refractivity contribution in [3.8, 4) is 11.1 Å². The summed E-state index contributed by atoms with van der Waals surface area (Å²) >= 11 is 0. The third kappa shape index (κ3) is 4.47. The Morgan fingerprint density at radius 3 is 2.69 bits per heavy atom. The van der Waals surface area contributed by atoms with E-state index in [9.17, 15) is 4.39 Å². The molecule has 2 aromatic heterocycles. The molecule has 0 saturated heterocycles. The lowest BCUT2D eigenvalue weighted by Crippen LogP contribution is -2.27. The molecule has 1 N–H and O–H groups in total. The molecular formula is C23H24FN5. The first-order valence-corrected chi connectivity index (χ1v) is 9.97. The van der Waals surface area contributed by atoms with E-state index in [-0.39, 0.29) is 11.9 Å². The van der Waals surface area contributed by atoms with Crippen LogP contribution in [0.1, 0.15) is 39.5 Å². The number of halogens is 1. The molecule has 3 aromatic rings. The van der Waals surface area contributed by atoms with E-state index in [2.05, 4.69) is 40.2 Å². The average molecular weight is 389 g/mol. The minimum atomic E-state index is -0.258. The molecule has 0 radical (unpaired) electrons. The Hall–Kier alpha value is -3.15. The van der Waals surface area contributed by atoms with E-state index in [1.807, 2.05) is 6.07 Å². The molecule has 1 unspecified atom stereocenters. The van der Waals surface area contributed by atoms with Gasteiger partial charge in [0.25, 0.3) is 0 Å². The summed E-state index contributed by atoms with van der Waals surface area (Å²) in [7, 11) is 0. The molecule has 1 aliphatic heterocycles. The molecule has 1 aliphatic rings. The minimum Gasteiger partial charge on any atom is -0.362 e. The molecule has 0 fully saturated rings. The van der Waals surface area contributed by atoms with E-state index in [0.717, 1.165) is 53.0 Å². The van der Waals surface area contributed by atoms with Gasteiger partial charge in [0.05, 0.1) is 11.4 Å². The summed E-state index contributed by atoms with van der Waals surface area (Å²) in [5.41, 5.74) is 4.61. The van der Waals surface area contributed by atoms with Crippen LogP contribution in [0.5, 0.6) is 0 Å². The van der Waals surface area contributed by atoms with Gasteiger partial charge in [-0.1, -0.05) is 18.2 Å². The zero-order chi connectivity index (χ0) is 20.2. The molecule has 148 valence electrons. The van der Waals surface area contributed by atoms with Crippen LogP contribution in [0.3, 0.4) is 0 Å². The molecule has 6 heteroatoms. The number of fused-ring (bicyclic) bond motifs is 1. The smallest absolute Gasteiger partial charge is 0.164 e. The third-order valence-electron chi connectivity index (χ3n) is 5.17. The highest BCUT2D eigenvalue weighted by atomic mass is 19.1. The summed E-state index contributed by atoms with van der Waals surface area (Å²) in [6.45, 7) is 4.16. The van der Waals surface area contributed by atoms with Gasteiger partial charge >= 0.3 is 0 Å². The number of rotatable bonds is 4. The van der Waals surface area contributed by atoms with Gasteiger partial charge in [0.1, 0.15) is 18.0 Å². The summed E-state index contributed by atoms with van der Waals surface area (Å²) < 4.78 is 13.3. The summed E-state index contributed by atoms with van der Waals surface area (Å²) in [6.07, 6.45) is 9.86. The van der Waals surface area contributed by atoms with Crippen LogP contribution in [0.4, 0.5) is 10.2 Å². The van der Waals surface area contributed by atoms with Gasteiger partial charge < -0.3 is 5.32 Å². The summed E-state index contributed by atoms with van der Waals surface area (Å²) in [5.74, 6) is 0.469. The zero-order valence-corrected chi connectivity index (χ0v) is 16.7. The summed E-state index contributed by atoms with van der Waals surface area (Å²) in [6, 6.07) is 8.43. The first kappa shape index (κ1) is 19.2. The number of benzene rings is 1. The van der Waals surface area contributed by atoms with Crippen LogP contribution in [0.2, 0.25) is 0 Å². The predicted molar refractivity (Wildman–Crippen MR) is 115 cm³/mol. The Bertz CT molecular complexity index is 1070. The molecule has 0 amide bonds. The van der Waals surface area contributed by atoms with Gasteiger partial charge in [-0.2, -0.15) is 0 Å². The Morgan fingerprint density at radius 2 is 1.86 bits per heavy atom. The standard InChI is InChI=1S/C23H24FN5/c1-15-6-4-3-5-7-21(28-15)16(2)29-23-20-12-18(13-25-22(20)26-14-27-23)17-8-10-19(24)11-9-17/h6,8-14,16H,3-5,7H2,1-2H3,(H,25,26,27,29)/b15-6-,28-21?. The number of nitrogens with zero attached hydrogens (tertiary/aromatic N) is 4. The monoisotopic (exact) mass is 389 g/mol. The molecule has 4 rings (SSSR count). The lowest BCUT2D eigenvalue weighted by molar-refractivity contribution is 0.628. The zero-order valence-electron chi connectivity index (χ0n) is 16.7. The Labute approximate surface area is 169 Å².